The van der Waals surface area contributed by atoms with E-state index in [1.165, 1.54) is 11.2 Å². The van der Waals surface area contributed by atoms with Crippen LogP contribution in [0, 0.1) is 6.42 Å². The average molecular weight is 376 g/mol. The summed E-state index contributed by atoms with van der Waals surface area (Å²) in [6, 6.07) is 7.22. The lowest BCUT2D eigenvalue weighted by Crippen LogP contribution is -2.53. The number of fused-ring (bicyclic) bond motifs is 1. The Morgan fingerprint density at radius 2 is 1.88 bits per heavy atom. The minimum Gasteiger partial charge on any atom is -0.368 e. The van der Waals surface area contributed by atoms with Crippen molar-refractivity contribution in [1.29, 1.82) is 0 Å². The van der Waals surface area contributed by atoms with Crippen molar-refractivity contribution in [3.8, 4) is 0 Å². The van der Waals surface area contributed by atoms with E-state index in [1.54, 1.807) is 4.90 Å². The maximum absolute atomic E-state index is 12.7. The summed E-state index contributed by atoms with van der Waals surface area (Å²) in [4.78, 5) is 27.8. The normalized spacial score (nSPS) is 26.9. The van der Waals surface area contributed by atoms with Gasteiger partial charge in [-0.15, -0.1) is 0 Å². The van der Waals surface area contributed by atoms with Gasteiger partial charge < -0.3 is 10.6 Å². The van der Waals surface area contributed by atoms with E-state index in [-0.39, 0.29) is 23.7 Å². The van der Waals surface area contributed by atoms with Crippen molar-refractivity contribution in [2.45, 2.75) is 30.2 Å². The number of anilines is 1. The summed E-state index contributed by atoms with van der Waals surface area (Å²) in [5.74, 6) is -0.359. The lowest BCUT2D eigenvalue weighted by atomic mass is 9.96. The van der Waals surface area contributed by atoms with Crippen molar-refractivity contribution in [1.82, 2.24) is 4.90 Å². The van der Waals surface area contributed by atoms with Crippen LogP contribution in [0.3, 0.4) is 0 Å². The van der Waals surface area contributed by atoms with Gasteiger partial charge in [-0.3, -0.25) is 9.69 Å². The number of benzene rings is 1. The smallest absolute Gasteiger partial charge is 0.325 e. The molecule has 1 aliphatic carbocycles. The lowest BCUT2D eigenvalue weighted by Gasteiger charge is -2.25. The van der Waals surface area contributed by atoms with Crippen molar-refractivity contribution >= 4 is 27.5 Å². The Kier molecular flexibility index (Phi) is 3.63. The molecule has 0 unspecified atom stereocenters. The fraction of sp³-hybridized carbons (Fsp3) is 0.500. The van der Waals surface area contributed by atoms with Crippen LogP contribution in [-0.2, 0) is 20.0 Å². The zero-order valence-electron chi connectivity index (χ0n) is 14.6. The Morgan fingerprint density at radius 3 is 2.38 bits per heavy atom. The van der Waals surface area contributed by atoms with Crippen molar-refractivity contribution < 1.29 is 18.0 Å². The lowest BCUT2D eigenvalue weighted by molar-refractivity contribution is -0.124. The first-order valence-electron chi connectivity index (χ1n) is 8.69. The number of primary amides is 1. The fourth-order valence-electron chi connectivity index (χ4n) is 4.29. The molecule has 1 radical (unpaired) electrons. The molecule has 1 aromatic carbocycles. The fourth-order valence-corrected chi connectivity index (χ4v) is 5.75. The molecular formula is C18H22N3O4S. The minimum absolute atomic E-state index is 0.148. The first-order chi connectivity index (χ1) is 12.2. The number of hydrogen-bond acceptors (Lipinski definition) is 4. The Balaban J connectivity index is 1.59. The predicted molar refractivity (Wildman–Crippen MR) is 97.4 cm³/mol. The molecule has 7 nitrogen and oxygen atoms in total. The number of hydrogen-bond donors (Lipinski definition) is 1. The van der Waals surface area contributed by atoms with Gasteiger partial charge in [0.15, 0.2) is 0 Å². The van der Waals surface area contributed by atoms with Crippen LogP contribution < -0.4 is 10.6 Å². The maximum Gasteiger partial charge on any atom is 0.325 e. The van der Waals surface area contributed by atoms with Crippen LogP contribution in [-0.4, -0.2) is 55.9 Å². The van der Waals surface area contributed by atoms with Crippen LogP contribution in [0.4, 0.5) is 10.5 Å². The van der Waals surface area contributed by atoms with Gasteiger partial charge in [0.1, 0.15) is 15.4 Å². The monoisotopic (exact) mass is 376 g/mol. The SMILES string of the molecule is CS(=O)(=O)CC1(c2ccc(N3C[C@@]4(C(N)=O)[CH]CCN4C3=O)cc2)CC1. The first-order valence-corrected chi connectivity index (χ1v) is 10.7. The van der Waals surface area contributed by atoms with Crippen molar-refractivity contribution in [3.05, 3.63) is 36.2 Å². The van der Waals surface area contributed by atoms with Gasteiger partial charge in [-0.05, 0) is 37.0 Å². The van der Waals surface area contributed by atoms with E-state index in [1.807, 2.05) is 30.7 Å². The van der Waals surface area contributed by atoms with Gasteiger partial charge in [-0.2, -0.15) is 0 Å². The second kappa shape index (κ2) is 5.45. The Labute approximate surface area is 153 Å². The highest BCUT2D eigenvalue weighted by molar-refractivity contribution is 7.90. The number of nitrogens with zero attached hydrogens (tertiary/aromatic N) is 2. The van der Waals surface area contributed by atoms with Crippen LogP contribution in [0.1, 0.15) is 24.8 Å². The van der Waals surface area contributed by atoms with Gasteiger partial charge in [0.2, 0.25) is 5.91 Å². The summed E-state index contributed by atoms with van der Waals surface area (Å²) >= 11 is 0. The van der Waals surface area contributed by atoms with Crippen LogP contribution in [0.2, 0.25) is 0 Å². The summed E-state index contributed by atoms with van der Waals surface area (Å²) in [5, 5.41) is 0. The van der Waals surface area contributed by atoms with Crippen LogP contribution >= 0.6 is 0 Å². The number of sulfone groups is 1. The van der Waals surface area contributed by atoms with Gasteiger partial charge in [-0.25, -0.2) is 13.2 Å². The zero-order chi connectivity index (χ0) is 18.7. The number of nitrogens with two attached hydrogens (primary N) is 1. The third-order valence-corrected chi connectivity index (χ3v) is 6.86. The summed E-state index contributed by atoms with van der Waals surface area (Å²) in [6.45, 7) is 0.711. The molecule has 0 spiro atoms. The standard InChI is InChI=1S/C18H22N3O4S/c1-26(24,25)12-17(8-9-17)13-3-5-14(6-4-13)20-11-18(15(19)22)7-2-10-21(18)16(20)23/h3-7H,2,8-12H2,1H3,(H2,19,22)/t18-/m1/s1. The highest BCUT2D eigenvalue weighted by Gasteiger charge is 2.57. The van der Waals surface area contributed by atoms with Crippen molar-refractivity contribution in [3.63, 3.8) is 0 Å². The third-order valence-electron chi connectivity index (χ3n) is 5.79. The molecule has 139 valence electrons. The first kappa shape index (κ1) is 17.3. The summed E-state index contributed by atoms with van der Waals surface area (Å²) < 4.78 is 23.4. The number of carbonyl (C=O) groups excluding carboxylic acids is 2. The zero-order valence-corrected chi connectivity index (χ0v) is 15.5. The number of amides is 3. The molecule has 2 N–H and O–H groups in total. The number of carbonyl (C=O) groups is 2. The molecular weight excluding hydrogens is 354 g/mol. The van der Waals surface area contributed by atoms with E-state index >= 15 is 0 Å². The number of urea groups is 1. The van der Waals surface area contributed by atoms with Crippen LogP contribution in [0.25, 0.3) is 0 Å². The highest BCUT2D eigenvalue weighted by atomic mass is 32.2. The maximum atomic E-state index is 12.7. The molecule has 0 bridgehead atoms. The van der Waals surface area contributed by atoms with Gasteiger partial charge in [0.25, 0.3) is 0 Å². The molecule has 26 heavy (non-hydrogen) atoms. The van der Waals surface area contributed by atoms with Gasteiger partial charge >= 0.3 is 6.03 Å². The second-order valence-electron chi connectivity index (χ2n) is 7.70. The van der Waals surface area contributed by atoms with E-state index in [0.29, 0.717) is 18.7 Å². The molecule has 1 saturated carbocycles. The third kappa shape index (κ3) is 2.58. The van der Waals surface area contributed by atoms with Crippen molar-refractivity contribution in [2.24, 2.45) is 5.73 Å². The van der Waals surface area contributed by atoms with Gasteiger partial charge in [0, 0.05) is 30.3 Å². The van der Waals surface area contributed by atoms with E-state index in [0.717, 1.165) is 18.4 Å². The molecule has 2 aliphatic heterocycles. The molecule has 1 aromatic rings. The van der Waals surface area contributed by atoms with Crippen LogP contribution in [0.5, 0.6) is 0 Å². The molecule has 2 saturated heterocycles. The minimum atomic E-state index is -3.06. The summed E-state index contributed by atoms with van der Waals surface area (Å²) in [5.41, 5.74) is 5.94. The molecule has 3 amide bonds. The summed E-state index contributed by atoms with van der Waals surface area (Å²) in [7, 11) is -3.06. The predicted octanol–water partition coefficient (Wildman–Crippen LogP) is 0.837. The summed E-state index contributed by atoms with van der Waals surface area (Å²) in [6.07, 6.45) is 5.46. The molecule has 0 aromatic heterocycles. The van der Waals surface area contributed by atoms with Crippen LogP contribution in [0.15, 0.2) is 24.3 Å². The molecule has 1 atom stereocenters. The average Bonchev–Trinajstić information content (AvgIpc) is 3.09. The number of rotatable bonds is 5. The molecule has 8 heteroatoms. The van der Waals surface area contributed by atoms with E-state index in [4.69, 9.17) is 5.73 Å². The highest BCUT2D eigenvalue weighted by Crippen LogP contribution is 2.49. The Hall–Kier alpha value is -2.09. The second-order valence-corrected chi connectivity index (χ2v) is 9.84. The molecule has 3 aliphatic rings. The quantitative estimate of drug-likeness (QED) is 0.823. The van der Waals surface area contributed by atoms with E-state index < -0.39 is 21.3 Å². The largest absolute Gasteiger partial charge is 0.368 e. The van der Waals surface area contributed by atoms with Crippen molar-refractivity contribution in [2.75, 3.05) is 30.0 Å². The topological polar surface area (TPSA) is 101 Å². The molecule has 4 rings (SSSR count). The molecule has 2 heterocycles. The Bertz CT molecular complexity index is 876. The van der Waals surface area contributed by atoms with Gasteiger partial charge in [0.05, 0.1) is 12.3 Å². The van der Waals surface area contributed by atoms with E-state index in [9.17, 15) is 18.0 Å². The van der Waals surface area contributed by atoms with Gasteiger partial charge in [-0.1, -0.05) is 12.1 Å². The molecule has 3 fully saturated rings. The van der Waals surface area contributed by atoms with E-state index in [2.05, 4.69) is 0 Å². The Morgan fingerprint density at radius 1 is 1.23 bits per heavy atom.